The molecule has 3 heterocycles. The molecule has 1 amide bonds. The zero-order chi connectivity index (χ0) is 22.2. The van der Waals surface area contributed by atoms with E-state index in [1.54, 1.807) is 34.0 Å². The molecule has 1 aliphatic rings. The van der Waals surface area contributed by atoms with Crippen LogP contribution in [0.4, 0.5) is 10.1 Å². The van der Waals surface area contributed by atoms with Gasteiger partial charge in [0.1, 0.15) is 5.69 Å². The van der Waals surface area contributed by atoms with Crippen molar-refractivity contribution in [1.29, 1.82) is 0 Å². The predicted molar refractivity (Wildman–Crippen MR) is 119 cm³/mol. The number of hydrogen-bond acceptors (Lipinski definition) is 4. The van der Waals surface area contributed by atoms with Crippen molar-refractivity contribution in [2.24, 2.45) is 0 Å². The molecule has 2 aromatic carbocycles. The summed E-state index contributed by atoms with van der Waals surface area (Å²) in [6.45, 7) is 1.95. The summed E-state index contributed by atoms with van der Waals surface area (Å²) in [4.78, 5) is 26.4. The van der Waals surface area contributed by atoms with Crippen LogP contribution in [0.1, 0.15) is 19.8 Å². The molecule has 1 saturated heterocycles. The van der Waals surface area contributed by atoms with Crippen LogP contribution in [0.15, 0.2) is 77.9 Å². The Morgan fingerprint density at radius 3 is 2.53 bits per heavy atom. The molecule has 0 N–H and O–H groups in total. The minimum absolute atomic E-state index is 0.0115. The highest BCUT2D eigenvalue weighted by atomic mass is 19.1. The molecular weight excluding hydrogens is 409 g/mol. The van der Waals surface area contributed by atoms with Gasteiger partial charge in [0, 0.05) is 30.4 Å². The van der Waals surface area contributed by atoms with Gasteiger partial charge >= 0.3 is 0 Å². The third kappa shape index (κ3) is 3.39. The summed E-state index contributed by atoms with van der Waals surface area (Å²) in [7, 11) is 0. The van der Waals surface area contributed by atoms with E-state index in [-0.39, 0.29) is 28.8 Å². The van der Waals surface area contributed by atoms with Crippen LogP contribution in [0, 0.1) is 5.82 Å². The topological polar surface area (TPSA) is 73.0 Å². The van der Waals surface area contributed by atoms with Gasteiger partial charge in [0.25, 0.3) is 0 Å². The molecular formula is C24H20FN5O2. The maximum absolute atomic E-state index is 15.1. The first-order valence-corrected chi connectivity index (χ1v) is 10.3. The fourth-order valence-electron chi connectivity index (χ4n) is 4.03. The van der Waals surface area contributed by atoms with Crippen LogP contribution >= 0.6 is 0 Å². The second-order valence-corrected chi connectivity index (χ2v) is 7.72. The summed E-state index contributed by atoms with van der Waals surface area (Å²) in [6, 6.07) is 17.1. The third-order valence-corrected chi connectivity index (χ3v) is 5.64. The Bertz CT molecular complexity index is 1360. The van der Waals surface area contributed by atoms with Crippen LogP contribution in [0.2, 0.25) is 0 Å². The smallest absolute Gasteiger partial charge is 0.227 e. The second-order valence-electron chi connectivity index (χ2n) is 7.72. The summed E-state index contributed by atoms with van der Waals surface area (Å²) < 4.78 is 18.0. The van der Waals surface area contributed by atoms with Gasteiger partial charge in [-0.2, -0.15) is 10.2 Å². The van der Waals surface area contributed by atoms with E-state index in [4.69, 9.17) is 0 Å². The molecule has 1 fully saturated rings. The monoisotopic (exact) mass is 429 g/mol. The van der Waals surface area contributed by atoms with Crippen molar-refractivity contribution < 1.29 is 9.18 Å². The number of aromatic nitrogens is 4. The van der Waals surface area contributed by atoms with E-state index in [1.807, 2.05) is 37.3 Å². The summed E-state index contributed by atoms with van der Waals surface area (Å²) in [5.41, 5.74) is 1.84. The Balaban J connectivity index is 1.55. The van der Waals surface area contributed by atoms with Crippen LogP contribution in [0.3, 0.4) is 0 Å². The molecule has 2 aromatic heterocycles. The number of benzene rings is 2. The van der Waals surface area contributed by atoms with Crippen LogP contribution < -0.4 is 10.3 Å². The molecule has 0 spiro atoms. The standard InChI is InChI=1S/C24H20FN5O2/c1-16-7-10-23(32)29(16)18-8-9-20(19(25)15-18)28-14-12-22(31)24(27-28)21-11-13-26-30(21)17-5-3-2-4-6-17/h2-6,8-9,11-16H,7,10H2,1H3. The molecule has 0 bridgehead atoms. The van der Waals surface area contributed by atoms with Crippen molar-refractivity contribution in [2.75, 3.05) is 4.90 Å². The lowest BCUT2D eigenvalue weighted by molar-refractivity contribution is -0.117. The first-order valence-electron chi connectivity index (χ1n) is 10.3. The van der Waals surface area contributed by atoms with E-state index < -0.39 is 5.82 Å². The van der Waals surface area contributed by atoms with E-state index in [1.165, 1.54) is 23.0 Å². The Hall–Kier alpha value is -4.07. The molecule has 32 heavy (non-hydrogen) atoms. The van der Waals surface area contributed by atoms with Crippen molar-refractivity contribution in [2.45, 2.75) is 25.8 Å². The Morgan fingerprint density at radius 1 is 1.00 bits per heavy atom. The summed E-state index contributed by atoms with van der Waals surface area (Å²) in [5, 5.41) is 8.72. The van der Waals surface area contributed by atoms with Crippen LogP contribution in [-0.2, 0) is 4.79 Å². The maximum Gasteiger partial charge on any atom is 0.227 e. The first kappa shape index (κ1) is 19.9. The lowest BCUT2D eigenvalue weighted by Gasteiger charge is -2.22. The van der Waals surface area contributed by atoms with Crippen LogP contribution in [-0.4, -0.2) is 31.5 Å². The molecule has 1 unspecified atom stereocenters. The van der Waals surface area contributed by atoms with E-state index in [9.17, 15) is 9.59 Å². The lowest BCUT2D eigenvalue weighted by Crippen LogP contribution is -2.30. The fraction of sp³-hybridized carbons (Fsp3) is 0.167. The molecule has 1 atom stereocenters. The highest BCUT2D eigenvalue weighted by Gasteiger charge is 2.29. The van der Waals surface area contributed by atoms with Crippen molar-refractivity contribution in [3.63, 3.8) is 0 Å². The molecule has 1 aliphatic heterocycles. The largest absolute Gasteiger partial charge is 0.310 e. The van der Waals surface area contributed by atoms with Gasteiger partial charge in [-0.05, 0) is 49.7 Å². The number of anilines is 1. The van der Waals surface area contributed by atoms with Crippen LogP contribution in [0.25, 0.3) is 22.8 Å². The van der Waals surface area contributed by atoms with Gasteiger partial charge < -0.3 is 4.90 Å². The molecule has 0 saturated carbocycles. The van der Waals surface area contributed by atoms with Gasteiger partial charge in [-0.15, -0.1) is 0 Å². The Kier molecular flexibility index (Phi) is 4.89. The molecule has 5 rings (SSSR count). The molecule has 0 radical (unpaired) electrons. The first-order chi connectivity index (χ1) is 15.5. The van der Waals surface area contributed by atoms with Crippen molar-refractivity contribution in [3.8, 4) is 22.8 Å². The summed E-state index contributed by atoms with van der Waals surface area (Å²) in [6.07, 6.45) is 4.23. The number of amides is 1. The zero-order valence-corrected chi connectivity index (χ0v) is 17.4. The predicted octanol–water partition coefficient (Wildman–Crippen LogP) is 3.74. The zero-order valence-electron chi connectivity index (χ0n) is 17.4. The molecule has 4 aromatic rings. The minimum Gasteiger partial charge on any atom is -0.310 e. The number of para-hydroxylation sites is 1. The number of hydrogen-bond donors (Lipinski definition) is 0. The summed E-state index contributed by atoms with van der Waals surface area (Å²) >= 11 is 0. The quantitative estimate of drug-likeness (QED) is 0.495. The molecule has 8 heteroatoms. The van der Waals surface area contributed by atoms with Crippen molar-refractivity contribution in [3.05, 3.63) is 89.1 Å². The van der Waals surface area contributed by atoms with Crippen molar-refractivity contribution in [1.82, 2.24) is 19.6 Å². The van der Waals surface area contributed by atoms with Crippen LogP contribution in [0.5, 0.6) is 0 Å². The van der Waals surface area contributed by atoms with Gasteiger partial charge in [-0.1, -0.05) is 18.2 Å². The number of halogens is 1. The second kappa shape index (κ2) is 7.88. The minimum atomic E-state index is -0.534. The Labute approximate surface area is 183 Å². The molecule has 160 valence electrons. The number of carbonyl (C=O) groups is 1. The van der Waals surface area contributed by atoms with Gasteiger partial charge in [-0.25, -0.2) is 13.8 Å². The average molecular weight is 429 g/mol. The van der Waals surface area contributed by atoms with E-state index in [0.717, 1.165) is 12.1 Å². The average Bonchev–Trinajstić information content (AvgIpc) is 3.41. The van der Waals surface area contributed by atoms with E-state index in [0.29, 0.717) is 17.8 Å². The highest BCUT2D eigenvalue weighted by Crippen LogP contribution is 2.29. The van der Waals surface area contributed by atoms with Crippen molar-refractivity contribution >= 4 is 11.6 Å². The van der Waals surface area contributed by atoms with Gasteiger partial charge in [0.05, 0.1) is 17.6 Å². The van der Waals surface area contributed by atoms with E-state index in [2.05, 4.69) is 10.2 Å². The fourth-order valence-corrected chi connectivity index (χ4v) is 4.03. The number of carbonyl (C=O) groups excluding carboxylic acids is 1. The molecule has 7 nitrogen and oxygen atoms in total. The van der Waals surface area contributed by atoms with Gasteiger partial charge in [0.2, 0.25) is 11.3 Å². The normalized spacial score (nSPS) is 16.0. The summed E-state index contributed by atoms with van der Waals surface area (Å²) in [5.74, 6) is -0.546. The van der Waals surface area contributed by atoms with E-state index >= 15 is 4.39 Å². The molecule has 0 aliphatic carbocycles. The number of nitrogens with zero attached hydrogens (tertiary/aromatic N) is 5. The SMILES string of the molecule is CC1CCC(=O)N1c1ccc(-n2ccc(=O)c(-c3ccnn3-c3ccccc3)n2)c(F)c1. The van der Waals surface area contributed by atoms with Gasteiger partial charge in [0.15, 0.2) is 11.5 Å². The highest BCUT2D eigenvalue weighted by molar-refractivity contribution is 5.96. The number of rotatable bonds is 4. The van der Waals surface area contributed by atoms with Gasteiger partial charge in [-0.3, -0.25) is 9.59 Å². The Morgan fingerprint density at radius 2 is 1.81 bits per heavy atom. The third-order valence-electron chi connectivity index (χ3n) is 5.64. The maximum atomic E-state index is 15.1. The lowest BCUT2D eigenvalue weighted by atomic mass is 10.2.